The quantitative estimate of drug-likeness (QED) is 0.385. The molecule has 0 aliphatic carbocycles. The van der Waals surface area contributed by atoms with E-state index in [4.69, 9.17) is 4.98 Å². The molecule has 1 N–H and O–H groups in total. The summed E-state index contributed by atoms with van der Waals surface area (Å²) in [5, 5.41) is 11.6. The zero-order chi connectivity index (χ0) is 22.0. The standard InChI is InChI=1S/C20H25N7O2S2/c1-4-7-10-27-17-15(18(28)22-19(27)29)25(5-2)14(21-17)12-31-20-24-23-16(26(20)6-3)13-9-8-11-30-13/h8-9,11H,4-7,10,12H2,1-3H3,(H,22,28,29). The molecule has 0 unspecified atom stereocenters. The number of aromatic nitrogens is 7. The molecule has 0 spiro atoms. The number of hydrogen-bond donors (Lipinski definition) is 1. The summed E-state index contributed by atoms with van der Waals surface area (Å²) < 4.78 is 5.54. The molecule has 4 heterocycles. The number of fused-ring (bicyclic) bond motifs is 1. The normalized spacial score (nSPS) is 11.6. The molecule has 0 amide bonds. The maximum Gasteiger partial charge on any atom is 0.330 e. The zero-order valence-electron chi connectivity index (χ0n) is 17.8. The molecule has 0 bridgehead atoms. The molecule has 0 aliphatic heterocycles. The maximum absolute atomic E-state index is 12.6. The van der Waals surface area contributed by atoms with Gasteiger partial charge in [0.25, 0.3) is 5.56 Å². The molecule has 0 saturated heterocycles. The minimum Gasteiger partial charge on any atom is -0.322 e. The van der Waals surface area contributed by atoms with Crippen LogP contribution in [-0.4, -0.2) is 33.9 Å². The van der Waals surface area contributed by atoms with E-state index >= 15 is 0 Å². The van der Waals surface area contributed by atoms with Gasteiger partial charge < -0.3 is 9.13 Å². The highest BCUT2D eigenvalue weighted by Crippen LogP contribution is 2.29. The molecule has 0 saturated carbocycles. The van der Waals surface area contributed by atoms with Crippen LogP contribution in [0, 0.1) is 0 Å². The Morgan fingerprint density at radius 3 is 2.58 bits per heavy atom. The summed E-state index contributed by atoms with van der Waals surface area (Å²) in [6, 6.07) is 4.04. The summed E-state index contributed by atoms with van der Waals surface area (Å²) in [5.74, 6) is 2.12. The van der Waals surface area contributed by atoms with Crippen LogP contribution in [0.3, 0.4) is 0 Å². The average Bonchev–Trinajstić information content (AvgIpc) is 3.49. The fraction of sp³-hybridized carbons (Fsp3) is 0.450. The highest BCUT2D eigenvalue weighted by atomic mass is 32.2. The lowest BCUT2D eigenvalue weighted by Gasteiger charge is -2.07. The summed E-state index contributed by atoms with van der Waals surface area (Å²) in [4.78, 5) is 33.2. The van der Waals surface area contributed by atoms with Crippen molar-refractivity contribution in [3.05, 3.63) is 44.2 Å². The first kappa shape index (κ1) is 21.6. The van der Waals surface area contributed by atoms with E-state index in [1.807, 2.05) is 29.0 Å². The number of thioether (sulfide) groups is 1. The van der Waals surface area contributed by atoms with Crippen molar-refractivity contribution < 1.29 is 0 Å². The van der Waals surface area contributed by atoms with Gasteiger partial charge in [0.2, 0.25) is 0 Å². The van der Waals surface area contributed by atoms with Gasteiger partial charge in [-0.1, -0.05) is 31.2 Å². The summed E-state index contributed by atoms with van der Waals surface area (Å²) in [6.07, 6.45) is 1.79. The number of nitrogens with one attached hydrogen (secondary N) is 1. The smallest absolute Gasteiger partial charge is 0.322 e. The van der Waals surface area contributed by atoms with Gasteiger partial charge in [-0.15, -0.1) is 21.5 Å². The van der Waals surface area contributed by atoms with Gasteiger partial charge in [0.05, 0.1) is 10.6 Å². The van der Waals surface area contributed by atoms with Crippen molar-refractivity contribution in [1.82, 2.24) is 33.9 Å². The topological polar surface area (TPSA) is 103 Å². The van der Waals surface area contributed by atoms with Gasteiger partial charge in [0.15, 0.2) is 22.1 Å². The van der Waals surface area contributed by atoms with Crippen molar-refractivity contribution in [2.75, 3.05) is 0 Å². The van der Waals surface area contributed by atoms with Gasteiger partial charge in [-0.25, -0.2) is 9.78 Å². The van der Waals surface area contributed by atoms with Crippen LogP contribution >= 0.6 is 23.1 Å². The number of hydrogen-bond acceptors (Lipinski definition) is 7. The molecule has 9 nitrogen and oxygen atoms in total. The molecule has 0 aromatic carbocycles. The summed E-state index contributed by atoms with van der Waals surface area (Å²) >= 11 is 3.17. The van der Waals surface area contributed by atoms with Crippen LogP contribution in [0.2, 0.25) is 0 Å². The number of aromatic amines is 1. The van der Waals surface area contributed by atoms with E-state index in [0.29, 0.717) is 30.0 Å². The summed E-state index contributed by atoms with van der Waals surface area (Å²) in [6.45, 7) is 7.97. The fourth-order valence-corrected chi connectivity index (χ4v) is 5.26. The van der Waals surface area contributed by atoms with E-state index in [9.17, 15) is 9.59 Å². The third-order valence-electron chi connectivity index (χ3n) is 5.12. The average molecular weight is 460 g/mol. The van der Waals surface area contributed by atoms with Crippen LogP contribution in [0.4, 0.5) is 0 Å². The number of rotatable bonds is 9. The van der Waals surface area contributed by atoms with Gasteiger partial charge in [-0.2, -0.15) is 0 Å². The van der Waals surface area contributed by atoms with E-state index in [-0.39, 0.29) is 0 Å². The van der Waals surface area contributed by atoms with Crippen molar-refractivity contribution in [2.45, 2.75) is 64.2 Å². The summed E-state index contributed by atoms with van der Waals surface area (Å²) in [5.41, 5.74) is 0.105. The summed E-state index contributed by atoms with van der Waals surface area (Å²) in [7, 11) is 0. The molecule has 11 heteroatoms. The van der Waals surface area contributed by atoms with Gasteiger partial charge in [0, 0.05) is 19.6 Å². The second-order valence-electron chi connectivity index (χ2n) is 7.03. The monoisotopic (exact) mass is 459 g/mol. The van der Waals surface area contributed by atoms with E-state index in [2.05, 4.69) is 33.6 Å². The predicted octanol–water partition coefficient (Wildman–Crippen LogP) is 3.34. The molecule has 4 rings (SSSR count). The second kappa shape index (κ2) is 9.23. The Kier molecular flexibility index (Phi) is 6.42. The third-order valence-corrected chi connectivity index (χ3v) is 6.95. The Hall–Kier alpha value is -2.66. The van der Waals surface area contributed by atoms with Crippen LogP contribution in [0.15, 0.2) is 32.3 Å². The number of aryl methyl sites for hydroxylation is 2. The van der Waals surface area contributed by atoms with Crippen LogP contribution in [0.5, 0.6) is 0 Å². The first-order valence-electron chi connectivity index (χ1n) is 10.4. The lowest BCUT2D eigenvalue weighted by Crippen LogP contribution is -2.31. The first-order valence-corrected chi connectivity index (χ1v) is 12.3. The number of nitrogens with zero attached hydrogens (tertiary/aromatic N) is 6. The Labute approximate surface area is 187 Å². The highest BCUT2D eigenvalue weighted by molar-refractivity contribution is 7.98. The molecule has 31 heavy (non-hydrogen) atoms. The minimum atomic E-state index is -0.405. The SMILES string of the molecule is CCCCn1c(=O)[nH]c(=O)c2c1nc(CSc1nnc(-c3cccs3)n1CC)n2CC. The molecule has 0 radical (unpaired) electrons. The number of H-pyrrole nitrogens is 1. The minimum absolute atomic E-state index is 0.393. The third kappa shape index (κ3) is 3.99. The number of unbranched alkanes of at least 4 members (excludes halogenated alkanes) is 1. The van der Waals surface area contributed by atoms with Crippen LogP contribution < -0.4 is 11.2 Å². The van der Waals surface area contributed by atoms with E-state index in [1.54, 1.807) is 15.9 Å². The Bertz CT molecular complexity index is 1300. The van der Waals surface area contributed by atoms with Crippen LogP contribution in [-0.2, 0) is 25.4 Å². The van der Waals surface area contributed by atoms with E-state index < -0.39 is 11.2 Å². The van der Waals surface area contributed by atoms with Crippen molar-refractivity contribution in [3.8, 4) is 10.7 Å². The van der Waals surface area contributed by atoms with E-state index in [0.717, 1.165) is 41.1 Å². The first-order chi connectivity index (χ1) is 15.1. The molecule has 0 fully saturated rings. The Morgan fingerprint density at radius 2 is 1.90 bits per heavy atom. The molecule has 0 aliphatic rings. The molecule has 4 aromatic rings. The number of imidazole rings is 1. The lowest BCUT2D eigenvalue weighted by atomic mass is 10.3. The lowest BCUT2D eigenvalue weighted by molar-refractivity contribution is 0.613. The maximum atomic E-state index is 12.6. The van der Waals surface area contributed by atoms with Gasteiger partial charge in [-0.05, 0) is 31.7 Å². The number of thiophene rings is 1. The molecular weight excluding hydrogens is 434 g/mol. The van der Waals surface area contributed by atoms with E-state index in [1.165, 1.54) is 11.8 Å². The van der Waals surface area contributed by atoms with Gasteiger partial charge >= 0.3 is 5.69 Å². The highest BCUT2D eigenvalue weighted by Gasteiger charge is 2.19. The molecule has 4 aromatic heterocycles. The van der Waals surface area contributed by atoms with Gasteiger partial charge in [0.1, 0.15) is 5.82 Å². The molecular formula is C20H25N7O2S2. The predicted molar refractivity (Wildman–Crippen MR) is 124 cm³/mol. The van der Waals surface area contributed by atoms with Crippen LogP contribution in [0.25, 0.3) is 21.9 Å². The fourth-order valence-electron chi connectivity index (χ4n) is 3.59. The van der Waals surface area contributed by atoms with Crippen molar-refractivity contribution in [3.63, 3.8) is 0 Å². The van der Waals surface area contributed by atoms with Crippen molar-refractivity contribution in [2.24, 2.45) is 0 Å². The largest absolute Gasteiger partial charge is 0.330 e. The Morgan fingerprint density at radius 1 is 1.10 bits per heavy atom. The molecule has 164 valence electrons. The second-order valence-corrected chi connectivity index (χ2v) is 8.92. The van der Waals surface area contributed by atoms with Crippen molar-refractivity contribution >= 4 is 34.3 Å². The van der Waals surface area contributed by atoms with Crippen molar-refractivity contribution in [1.29, 1.82) is 0 Å². The molecule has 0 atom stereocenters. The van der Waals surface area contributed by atoms with Gasteiger partial charge in [-0.3, -0.25) is 14.3 Å². The zero-order valence-corrected chi connectivity index (χ0v) is 19.4. The Balaban J connectivity index is 1.70. The van der Waals surface area contributed by atoms with Crippen LogP contribution in [0.1, 0.15) is 39.4 Å².